The van der Waals surface area contributed by atoms with Crippen LogP contribution in [0.2, 0.25) is 0 Å². The maximum Gasteiger partial charge on any atom is 0.329 e. The SMILES string of the molecule is Cc1ccc(C(=O)N[C@H](C(=O)OCC(=O)N2CCCCCCC2)C(C)C)cc1. The molecule has 0 saturated carbocycles. The molecule has 1 N–H and O–H groups in total. The molecule has 154 valence electrons. The fourth-order valence-electron chi connectivity index (χ4n) is 3.24. The van der Waals surface area contributed by atoms with Gasteiger partial charge in [-0.05, 0) is 37.8 Å². The largest absolute Gasteiger partial charge is 0.454 e. The second-order valence-electron chi connectivity index (χ2n) is 7.82. The molecule has 6 nitrogen and oxygen atoms in total. The van der Waals surface area contributed by atoms with Crippen LogP contribution in [-0.4, -0.2) is 48.4 Å². The standard InChI is InChI=1S/C22H32N2O4/c1-16(2)20(23-21(26)18-11-9-17(3)10-12-18)22(27)28-15-19(25)24-13-7-5-4-6-8-14-24/h9-12,16,20H,4-8,13-15H2,1-3H3,(H,23,26)/t20-/m0/s1. The van der Waals surface area contributed by atoms with Crippen LogP contribution < -0.4 is 5.32 Å². The molecule has 28 heavy (non-hydrogen) atoms. The van der Waals surface area contributed by atoms with Gasteiger partial charge in [0.25, 0.3) is 11.8 Å². The lowest BCUT2D eigenvalue weighted by atomic mass is 10.0. The van der Waals surface area contributed by atoms with E-state index < -0.39 is 12.0 Å². The van der Waals surface area contributed by atoms with E-state index in [4.69, 9.17) is 4.74 Å². The summed E-state index contributed by atoms with van der Waals surface area (Å²) in [5.41, 5.74) is 1.54. The fraction of sp³-hybridized carbons (Fsp3) is 0.591. The smallest absolute Gasteiger partial charge is 0.329 e. The van der Waals surface area contributed by atoms with Crippen LogP contribution in [0.1, 0.15) is 61.9 Å². The Balaban J connectivity index is 1.90. The molecule has 1 atom stereocenters. The minimum atomic E-state index is -0.797. The Morgan fingerprint density at radius 1 is 1.00 bits per heavy atom. The highest BCUT2D eigenvalue weighted by atomic mass is 16.5. The van der Waals surface area contributed by atoms with Crippen LogP contribution in [0.5, 0.6) is 0 Å². The molecule has 1 aromatic carbocycles. The van der Waals surface area contributed by atoms with Gasteiger partial charge in [-0.3, -0.25) is 9.59 Å². The Morgan fingerprint density at radius 2 is 1.57 bits per heavy atom. The number of amides is 2. The summed E-state index contributed by atoms with van der Waals surface area (Å²) in [7, 11) is 0. The van der Waals surface area contributed by atoms with Gasteiger partial charge in [-0.2, -0.15) is 0 Å². The zero-order valence-corrected chi connectivity index (χ0v) is 17.2. The van der Waals surface area contributed by atoms with Crippen molar-refractivity contribution < 1.29 is 19.1 Å². The number of hydrogen-bond acceptors (Lipinski definition) is 4. The zero-order valence-electron chi connectivity index (χ0n) is 17.2. The van der Waals surface area contributed by atoms with E-state index in [2.05, 4.69) is 5.32 Å². The van der Waals surface area contributed by atoms with Crippen LogP contribution in [0.25, 0.3) is 0 Å². The summed E-state index contributed by atoms with van der Waals surface area (Å²) >= 11 is 0. The third-order valence-corrected chi connectivity index (χ3v) is 5.07. The summed E-state index contributed by atoms with van der Waals surface area (Å²) < 4.78 is 5.26. The molecule has 1 heterocycles. The maximum atomic E-state index is 12.5. The molecule has 0 aromatic heterocycles. The molecule has 1 fully saturated rings. The summed E-state index contributed by atoms with van der Waals surface area (Å²) in [5, 5.41) is 2.74. The first-order valence-corrected chi connectivity index (χ1v) is 10.2. The molecule has 0 aliphatic carbocycles. The third-order valence-electron chi connectivity index (χ3n) is 5.07. The van der Waals surface area contributed by atoms with Crippen molar-refractivity contribution in [2.45, 2.75) is 58.9 Å². The molecule has 0 spiro atoms. The van der Waals surface area contributed by atoms with Gasteiger partial charge in [-0.25, -0.2) is 4.79 Å². The number of nitrogens with zero attached hydrogens (tertiary/aromatic N) is 1. The number of rotatable bonds is 6. The number of carbonyl (C=O) groups excluding carboxylic acids is 3. The first-order valence-electron chi connectivity index (χ1n) is 10.2. The van der Waals surface area contributed by atoms with E-state index in [0.29, 0.717) is 18.7 Å². The van der Waals surface area contributed by atoms with Gasteiger partial charge in [0.2, 0.25) is 0 Å². The van der Waals surface area contributed by atoms with E-state index in [-0.39, 0.29) is 24.3 Å². The quantitative estimate of drug-likeness (QED) is 0.760. The molecule has 2 amide bonds. The third kappa shape index (κ3) is 6.66. The predicted octanol–water partition coefficient (Wildman–Crippen LogP) is 3.09. The van der Waals surface area contributed by atoms with Gasteiger partial charge >= 0.3 is 5.97 Å². The van der Waals surface area contributed by atoms with E-state index in [9.17, 15) is 14.4 Å². The first kappa shape index (κ1) is 21.9. The number of nitrogens with one attached hydrogen (secondary N) is 1. The van der Waals surface area contributed by atoms with Crippen LogP contribution >= 0.6 is 0 Å². The van der Waals surface area contributed by atoms with Crippen molar-refractivity contribution >= 4 is 17.8 Å². The molecular weight excluding hydrogens is 356 g/mol. The summed E-state index contributed by atoms with van der Waals surface area (Å²) in [6.45, 7) is 6.77. The highest BCUT2D eigenvalue weighted by Crippen LogP contribution is 2.12. The lowest BCUT2D eigenvalue weighted by Gasteiger charge is -2.25. The van der Waals surface area contributed by atoms with Crippen molar-refractivity contribution in [3.05, 3.63) is 35.4 Å². The predicted molar refractivity (Wildman–Crippen MR) is 108 cm³/mol. The summed E-state index contributed by atoms with van der Waals surface area (Å²) in [5.74, 6) is -1.22. The number of benzene rings is 1. The number of ether oxygens (including phenoxy) is 1. The Hall–Kier alpha value is -2.37. The maximum absolute atomic E-state index is 12.5. The van der Waals surface area contributed by atoms with E-state index >= 15 is 0 Å². The van der Waals surface area contributed by atoms with Gasteiger partial charge in [0.1, 0.15) is 6.04 Å². The lowest BCUT2D eigenvalue weighted by molar-refractivity contribution is -0.154. The number of aryl methyl sites for hydroxylation is 1. The minimum Gasteiger partial charge on any atom is -0.454 e. The average Bonchev–Trinajstić information content (AvgIpc) is 2.63. The van der Waals surface area contributed by atoms with Gasteiger partial charge in [0, 0.05) is 18.7 Å². The number of hydrogen-bond donors (Lipinski definition) is 1. The van der Waals surface area contributed by atoms with E-state index in [1.54, 1.807) is 17.0 Å². The van der Waals surface area contributed by atoms with Crippen molar-refractivity contribution in [2.75, 3.05) is 19.7 Å². The van der Waals surface area contributed by atoms with Crippen LogP contribution in [0.15, 0.2) is 24.3 Å². The highest BCUT2D eigenvalue weighted by Gasteiger charge is 2.27. The Bertz CT molecular complexity index is 662. The van der Waals surface area contributed by atoms with Gasteiger partial charge in [-0.15, -0.1) is 0 Å². The molecule has 1 aliphatic heterocycles. The zero-order chi connectivity index (χ0) is 20.5. The second-order valence-corrected chi connectivity index (χ2v) is 7.82. The topological polar surface area (TPSA) is 75.7 Å². The van der Waals surface area contributed by atoms with Crippen molar-refractivity contribution in [3.8, 4) is 0 Å². The molecule has 1 aliphatic rings. The summed E-state index contributed by atoms with van der Waals surface area (Å²) in [6, 6.07) is 6.34. The van der Waals surface area contributed by atoms with E-state index in [0.717, 1.165) is 31.2 Å². The number of carbonyl (C=O) groups is 3. The molecule has 0 radical (unpaired) electrons. The molecule has 1 aromatic rings. The van der Waals surface area contributed by atoms with Crippen molar-refractivity contribution in [1.29, 1.82) is 0 Å². The molecule has 0 bridgehead atoms. The summed E-state index contributed by atoms with van der Waals surface area (Å²) in [4.78, 5) is 39.1. The highest BCUT2D eigenvalue weighted by molar-refractivity contribution is 5.97. The van der Waals surface area contributed by atoms with Gasteiger partial charge in [0.15, 0.2) is 6.61 Å². The van der Waals surface area contributed by atoms with Gasteiger partial charge in [-0.1, -0.05) is 50.8 Å². The van der Waals surface area contributed by atoms with Crippen LogP contribution in [0.4, 0.5) is 0 Å². The Kier molecular flexibility index (Phi) is 8.48. The number of likely N-dealkylation sites (tertiary alicyclic amines) is 1. The second kappa shape index (κ2) is 10.8. The van der Waals surface area contributed by atoms with Crippen molar-refractivity contribution in [1.82, 2.24) is 10.2 Å². The van der Waals surface area contributed by atoms with Crippen LogP contribution in [0.3, 0.4) is 0 Å². The minimum absolute atomic E-state index is 0.154. The first-order chi connectivity index (χ1) is 13.4. The van der Waals surface area contributed by atoms with Crippen LogP contribution in [-0.2, 0) is 14.3 Å². The van der Waals surface area contributed by atoms with Crippen molar-refractivity contribution in [3.63, 3.8) is 0 Å². The van der Waals surface area contributed by atoms with Crippen LogP contribution in [0, 0.1) is 12.8 Å². The molecule has 1 saturated heterocycles. The molecule has 6 heteroatoms. The van der Waals surface area contributed by atoms with Gasteiger partial charge in [0.05, 0.1) is 0 Å². The summed E-state index contributed by atoms with van der Waals surface area (Å²) in [6.07, 6.45) is 5.45. The lowest BCUT2D eigenvalue weighted by Crippen LogP contribution is -2.46. The van der Waals surface area contributed by atoms with E-state index in [1.165, 1.54) is 6.42 Å². The molecule has 0 unspecified atom stereocenters. The van der Waals surface area contributed by atoms with Crippen molar-refractivity contribution in [2.24, 2.45) is 5.92 Å². The van der Waals surface area contributed by atoms with Gasteiger partial charge < -0.3 is 15.0 Å². The average molecular weight is 389 g/mol. The fourth-order valence-corrected chi connectivity index (χ4v) is 3.24. The number of esters is 1. The molecular formula is C22H32N2O4. The Labute approximate surface area is 167 Å². The monoisotopic (exact) mass is 388 g/mol. The normalized spacial score (nSPS) is 16.1. The van der Waals surface area contributed by atoms with E-state index in [1.807, 2.05) is 32.9 Å². The Morgan fingerprint density at radius 3 is 2.14 bits per heavy atom. The molecule has 2 rings (SSSR count).